The monoisotopic (exact) mass is 266 g/mol. The van der Waals surface area contributed by atoms with Crippen LogP contribution >= 0.6 is 0 Å². The third-order valence-corrected chi connectivity index (χ3v) is 4.40. The van der Waals surface area contributed by atoms with Gasteiger partial charge >= 0.3 is 0 Å². The minimum atomic E-state index is -0.557. The van der Waals surface area contributed by atoms with E-state index >= 15 is 0 Å². The number of amides is 2. The molecule has 2 aliphatic rings. The normalized spacial score (nSPS) is 22.7. The number of carbonyl (C=O) groups excluding carboxylic acids is 2. The predicted octanol–water partition coefficient (Wildman–Crippen LogP) is 2.23. The summed E-state index contributed by atoms with van der Waals surface area (Å²) in [6.07, 6.45) is 9.49. The van der Waals surface area contributed by atoms with E-state index in [4.69, 9.17) is 0 Å². The predicted molar refractivity (Wildman–Crippen MR) is 74.7 cm³/mol. The van der Waals surface area contributed by atoms with Gasteiger partial charge in [0, 0.05) is 6.54 Å². The van der Waals surface area contributed by atoms with Gasteiger partial charge in [-0.3, -0.25) is 9.59 Å². The van der Waals surface area contributed by atoms with Crippen LogP contribution in [0.4, 0.5) is 0 Å². The van der Waals surface area contributed by atoms with Gasteiger partial charge in [0.2, 0.25) is 11.8 Å². The number of rotatable bonds is 5. The third kappa shape index (κ3) is 3.28. The van der Waals surface area contributed by atoms with E-state index in [-0.39, 0.29) is 18.4 Å². The lowest BCUT2D eigenvalue weighted by atomic mass is 9.79. The fourth-order valence-corrected chi connectivity index (χ4v) is 3.31. The van der Waals surface area contributed by atoms with E-state index in [1.165, 1.54) is 19.3 Å². The molecule has 0 atom stereocenters. The molecule has 19 heavy (non-hydrogen) atoms. The number of hydrogen-bond donors (Lipinski definition) is 1. The van der Waals surface area contributed by atoms with Gasteiger partial charge in [0.05, 0.1) is 6.54 Å². The Morgan fingerprint density at radius 3 is 2.53 bits per heavy atom. The second-order valence-corrected chi connectivity index (χ2v) is 5.98. The van der Waals surface area contributed by atoms with Crippen molar-refractivity contribution in [3.05, 3.63) is 0 Å². The van der Waals surface area contributed by atoms with Crippen molar-refractivity contribution in [3.8, 4) is 0 Å². The van der Waals surface area contributed by atoms with E-state index in [1.807, 2.05) is 0 Å². The van der Waals surface area contributed by atoms with E-state index in [0.29, 0.717) is 0 Å². The summed E-state index contributed by atoms with van der Waals surface area (Å²) >= 11 is 0. The highest BCUT2D eigenvalue weighted by Crippen LogP contribution is 2.31. The SMILES string of the molecule is CCCCCCN1CC(=O)NC2(CCCCC2)C1=O. The molecule has 1 aliphatic heterocycles. The second kappa shape index (κ2) is 6.40. The van der Waals surface area contributed by atoms with Crippen molar-refractivity contribution in [1.29, 1.82) is 0 Å². The van der Waals surface area contributed by atoms with Crippen LogP contribution in [0.1, 0.15) is 64.7 Å². The minimum Gasteiger partial charge on any atom is -0.340 e. The molecule has 1 aliphatic carbocycles. The van der Waals surface area contributed by atoms with E-state index in [1.54, 1.807) is 4.90 Å². The first-order valence-electron chi connectivity index (χ1n) is 7.78. The smallest absolute Gasteiger partial charge is 0.248 e. The summed E-state index contributed by atoms with van der Waals surface area (Å²) in [4.78, 5) is 26.3. The zero-order chi connectivity index (χ0) is 13.7. The van der Waals surface area contributed by atoms with Crippen molar-refractivity contribution >= 4 is 11.8 Å². The van der Waals surface area contributed by atoms with Crippen molar-refractivity contribution in [3.63, 3.8) is 0 Å². The Hall–Kier alpha value is -1.06. The van der Waals surface area contributed by atoms with Crippen molar-refractivity contribution in [1.82, 2.24) is 10.2 Å². The molecule has 1 heterocycles. The molecule has 108 valence electrons. The number of unbranched alkanes of at least 4 members (excludes halogenated alkanes) is 3. The summed E-state index contributed by atoms with van der Waals surface area (Å²) in [5.74, 6) is 0.195. The maximum atomic E-state index is 12.6. The van der Waals surface area contributed by atoms with Crippen molar-refractivity contribution in [2.24, 2.45) is 0 Å². The van der Waals surface area contributed by atoms with Crippen LogP contribution in [-0.4, -0.2) is 35.3 Å². The van der Waals surface area contributed by atoms with Crippen LogP contribution in [0.3, 0.4) is 0 Å². The molecule has 0 aromatic carbocycles. The second-order valence-electron chi connectivity index (χ2n) is 5.98. The van der Waals surface area contributed by atoms with Crippen LogP contribution in [-0.2, 0) is 9.59 Å². The Bertz CT molecular complexity index is 335. The van der Waals surface area contributed by atoms with Gasteiger partial charge in [-0.2, -0.15) is 0 Å². The average molecular weight is 266 g/mol. The van der Waals surface area contributed by atoms with Gasteiger partial charge in [0.25, 0.3) is 0 Å². The largest absolute Gasteiger partial charge is 0.340 e. The summed E-state index contributed by atoms with van der Waals surface area (Å²) in [6, 6.07) is 0. The first kappa shape index (κ1) is 14.4. The number of piperazine rings is 1. The highest BCUT2D eigenvalue weighted by molar-refractivity contribution is 5.98. The molecule has 2 rings (SSSR count). The standard InChI is InChI=1S/C15H26N2O2/c1-2-3-4-8-11-17-12-13(18)16-15(14(17)19)9-6-5-7-10-15/h2-12H2,1H3,(H,16,18). The number of nitrogens with zero attached hydrogens (tertiary/aromatic N) is 1. The third-order valence-electron chi connectivity index (χ3n) is 4.40. The van der Waals surface area contributed by atoms with Gasteiger partial charge in [-0.15, -0.1) is 0 Å². The fraction of sp³-hybridized carbons (Fsp3) is 0.867. The van der Waals surface area contributed by atoms with Crippen molar-refractivity contribution < 1.29 is 9.59 Å². The van der Waals surface area contributed by atoms with Crippen LogP contribution in [0.2, 0.25) is 0 Å². The van der Waals surface area contributed by atoms with Crippen LogP contribution in [0.5, 0.6) is 0 Å². The molecule has 2 fully saturated rings. The first-order chi connectivity index (χ1) is 9.18. The Labute approximate surface area is 115 Å². The van der Waals surface area contributed by atoms with Crippen molar-refractivity contribution in [2.45, 2.75) is 70.3 Å². The molecule has 0 unspecified atom stereocenters. The molecule has 4 heteroatoms. The molecule has 0 bridgehead atoms. The Kier molecular flexibility index (Phi) is 4.83. The summed E-state index contributed by atoms with van der Waals surface area (Å²) in [5.41, 5.74) is -0.557. The highest BCUT2D eigenvalue weighted by atomic mass is 16.2. The van der Waals surface area contributed by atoms with Gasteiger partial charge < -0.3 is 10.2 Å². The van der Waals surface area contributed by atoms with Gasteiger partial charge in [-0.1, -0.05) is 45.4 Å². The van der Waals surface area contributed by atoms with Crippen LogP contribution in [0, 0.1) is 0 Å². The van der Waals surface area contributed by atoms with Crippen molar-refractivity contribution in [2.75, 3.05) is 13.1 Å². The molecular weight excluding hydrogens is 240 g/mol. The zero-order valence-corrected chi connectivity index (χ0v) is 12.0. The number of carbonyl (C=O) groups is 2. The summed E-state index contributed by atoms with van der Waals surface area (Å²) in [5, 5.41) is 2.98. The summed E-state index contributed by atoms with van der Waals surface area (Å²) in [7, 11) is 0. The number of nitrogens with one attached hydrogen (secondary N) is 1. The maximum Gasteiger partial charge on any atom is 0.248 e. The van der Waals surface area contributed by atoms with E-state index in [9.17, 15) is 9.59 Å². The van der Waals surface area contributed by atoms with E-state index < -0.39 is 5.54 Å². The topological polar surface area (TPSA) is 49.4 Å². The van der Waals surface area contributed by atoms with Crippen LogP contribution in [0.25, 0.3) is 0 Å². The van der Waals surface area contributed by atoms with Gasteiger partial charge in [0.15, 0.2) is 0 Å². The van der Waals surface area contributed by atoms with Gasteiger partial charge in [-0.05, 0) is 19.3 Å². The lowest BCUT2D eigenvalue weighted by molar-refractivity contribution is -0.151. The molecular formula is C15H26N2O2. The molecule has 0 radical (unpaired) electrons. The average Bonchev–Trinajstić information content (AvgIpc) is 2.41. The highest BCUT2D eigenvalue weighted by Gasteiger charge is 2.46. The first-order valence-corrected chi connectivity index (χ1v) is 7.78. The maximum absolute atomic E-state index is 12.6. The minimum absolute atomic E-state index is 0.0250. The Morgan fingerprint density at radius 1 is 1.11 bits per heavy atom. The molecule has 2 amide bonds. The van der Waals surface area contributed by atoms with E-state index in [2.05, 4.69) is 12.2 Å². The summed E-state index contributed by atoms with van der Waals surface area (Å²) in [6.45, 7) is 3.18. The Balaban J connectivity index is 1.95. The lowest BCUT2D eigenvalue weighted by Gasteiger charge is -2.44. The van der Waals surface area contributed by atoms with Crippen LogP contribution < -0.4 is 5.32 Å². The molecule has 1 N–H and O–H groups in total. The molecule has 0 aromatic rings. The number of hydrogen-bond acceptors (Lipinski definition) is 2. The zero-order valence-electron chi connectivity index (χ0n) is 12.0. The van der Waals surface area contributed by atoms with Crippen LogP contribution in [0.15, 0.2) is 0 Å². The molecule has 1 spiro atoms. The molecule has 1 saturated heterocycles. The van der Waals surface area contributed by atoms with E-state index in [0.717, 1.165) is 45.1 Å². The fourth-order valence-electron chi connectivity index (χ4n) is 3.31. The van der Waals surface area contributed by atoms with Gasteiger partial charge in [-0.25, -0.2) is 0 Å². The quantitative estimate of drug-likeness (QED) is 0.776. The summed E-state index contributed by atoms with van der Waals surface area (Å²) < 4.78 is 0. The van der Waals surface area contributed by atoms with Gasteiger partial charge in [0.1, 0.15) is 5.54 Å². The molecule has 1 saturated carbocycles. The molecule has 0 aromatic heterocycles. The Morgan fingerprint density at radius 2 is 1.84 bits per heavy atom. The molecule has 4 nitrogen and oxygen atoms in total. The lowest BCUT2D eigenvalue weighted by Crippen LogP contribution is -2.67.